The molecule has 0 saturated carbocycles. The van der Waals surface area contributed by atoms with Crippen LogP contribution < -0.4 is 0 Å². The Balaban J connectivity index is 2.09. The van der Waals surface area contributed by atoms with Crippen molar-refractivity contribution in [3.63, 3.8) is 0 Å². The van der Waals surface area contributed by atoms with Crippen LogP contribution in [0.4, 0.5) is 0 Å². The summed E-state index contributed by atoms with van der Waals surface area (Å²) in [5.74, 6) is -0.296. The molecular weight excluding hydrogens is 460 g/mol. The van der Waals surface area contributed by atoms with Crippen LogP contribution >= 0.6 is 31.9 Å². The highest BCUT2D eigenvalue weighted by molar-refractivity contribution is 9.24. The van der Waals surface area contributed by atoms with Gasteiger partial charge in [0.25, 0.3) is 0 Å². The molecule has 0 N–H and O–H groups in total. The fourth-order valence-corrected chi connectivity index (χ4v) is 3.75. The average molecular weight is 478 g/mol. The minimum absolute atomic E-state index is 0.00438. The monoisotopic (exact) mass is 476 g/mol. The minimum atomic E-state index is -0.296. The second kappa shape index (κ2) is 8.64. The number of nitrogens with zero attached hydrogens (tertiary/aromatic N) is 2. The van der Waals surface area contributed by atoms with Crippen molar-refractivity contribution in [2.75, 3.05) is 6.61 Å². The lowest BCUT2D eigenvalue weighted by atomic mass is 9.95. The van der Waals surface area contributed by atoms with Gasteiger partial charge in [0.2, 0.25) is 0 Å². The first-order valence-electron chi connectivity index (χ1n) is 8.26. The predicted molar refractivity (Wildman–Crippen MR) is 109 cm³/mol. The summed E-state index contributed by atoms with van der Waals surface area (Å²) >= 11 is 7.22. The van der Waals surface area contributed by atoms with Crippen LogP contribution in [0.5, 0.6) is 0 Å². The van der Waals surface area contributed by atoms with E-state index in [1.54, 1.807) is 6.20 Å². The number of aromatic nitrogens is 2. The maximum absolute atomic E-state index is 12.3. The Kier molecular flexibility index (Phi) is 6.27. The van der Waals surface area contributed by atoms with Crippen molar-refractivity contribution in [3.05, 3.63) is 83.2 Å². The van der Waals surface area contributed by atoms with E-state index in [-0.39, 0.29) is 9.71 Å². The number of rotatable bonds is 6. The van der Waals surface area contributed by atoms with Crippen molar-refractivity contribution in [2.45, 2.75) is 17.1 Å². The van der Waals surface area contributed by atoms with Gasteiger partial charge in [0.15, 0.2) is 0 Å². The third kappa shape index (κ3) is 4.07. The molecule has 0 bridgehead atoms. The molecule has 3 rings (SSSR count). The molecule has 0 fully saturated rings. The van der Waals surface area contributed by atoms with Gasteiger partial charge in [-0.3, -0.25) is 0 Å². The number of hydrogen-bond donors (Lipinski definition) is 0. The number of benzene rings is 2. The number of ether oxygens (including phenoxy) is 1. The molecule has 2 aromatic carbocycles. The highest BCUT2D eigenvalue weighted by atomic mass is 79.9. The molecule has 4 nitrogen and oxygen atoms in total. The van der Waals surface area contributed by atoms with Crippen molar-refractivity contribution in [2.24, 2.45) is 0 Å². The molecule has 0 aliphatic carbocycles. The smallest absolute Gasteiger partial charge is 0.338 e. The first-order valence-corrected chi connectivity index (χ1v) is 10.1. The van der Waals surface area contributed by atoms with Crippen molar-refractivity contribution in [1.29, 1.82) is 0 Å². The van der Waals surface area contributed by atoms with Crippen LogP contribution in [-0.2, 0) is 11.2 Å². The van der Waals surface area contributed by atoms with Crippen LogP contribution in [0.25, 0.3) is 5.69 Å². The summed E-state index contributed by atoms with van der Waals surface area (Å²) in [5, 5.41) is 4.37. The van der Waals surface area contributed by atoms with E-state index >= 15 is 0 Å². The number of alkyl halides is 2. The number of halogens is 2. The van der Waals surface area contributed by atoms with Gasteiger partial charge in [-0.2, -0.15) is 5.10 Å². The van der Waals surface area contributed by atoms with Gasteiger partial charge >= 0.3 is 5.97 Å². The van der Waals surface area contributed by atoms with E-state index in [1.165, 1.54) is 0 Å². The third-order valence-corrected chi connectivity index (χ3v) is 5.04. The van der Waals surface area contributed by atoms with E-state index in [0.717, 1.165) is 22.4 Å². The summed E-state index contributed by atoms with van der Waals surface area (Å²) in [6.45, 7) is 2.17. The molecule has 134 valence electrons. The Bertz CT molecular complexity index is 893. The zero-order chi connectivity index (χ0) is 18.5. The second-order valence-corrected chi connectivity index (χ2v) is 8.71. The van der Waals surface area contributed by atoms with Crippen LogP contribution in [0.1, 0.15) is 37.7 Å². The molecule has 0 aliphatic rings. The van der Waals surface area contributed by atoms with E-state index in [0.29, 0.717) is 18.6 Å². The standard InChI is InChI=1S/C20H18Br2N2O2/c1-2-26-20(25)15-8-4-3-7-14(15)13-17-16(19(21)22)9-5-10-18(17)24-12-6-11-23-24/h3-12,19H,2,13H2,1H3. The number of hydrogen-bond acceptors (Lipinski definition) is 3. The molecule has 0 spiro atoms. The van der Waals surface area contributed by atoms with Gasteiger partial charge in [0.05, 0.1) is 21.6 Å². The average Bonchev–Trinajstić information content (AvgIpc) is 3.17. The quantitative estimate of drug-likeness (QED) is 0.351. The summed E-state index contributed by atoms with van der Waals surface area (Å²) in [4.78, 5) is 12.3. The van der Waals surface area contributed by atoms with Crippen LogP contribution in [0.2, 0.25) is 0 Å². The second-order valence-electron chi connectivity index (χ2n) is 5.65. The summed E-state index contributed by atoms with van der Waals surface area (Å²) in [7, 11) is 0. The largest absolute Gasteiger partial charge is 0.462 e. The lowest BCUT2D eigenvalue weighted by Gasteiger charge is -2.17. The molecular formula is C20H18Br2N2O2. The van der Waals surface area contributed by atoms with E-state index < -0.39 is 0 Å². The zero-order valence-electron chi connectivity index (χ0n) is 14.2. The summed E-state index contributed by atoms with van der Waals surface area (Å²) < 4.78 is 7.05. The van der Waals surface area contributed by atoms with Crippen LogP contribution in [0, 0.1) is 0 Å². The van der Waals surface area contributed by atoms with Crippen molar-refractivity contribution in [3.8, 4) is 5.69 Å². The molecule has 0 saturated heterocycles. The van der Waals surface area contributed by atoms with Gasteiger partial charge in [-0.15, -0.1) is 0 Å². The van der Waals surface area contributed by atoms with Gasteiger partial charge in [-0.05, 0) is 41.8 Å². The number of carbonyl (C=O) groups excluding carboxylic acids is 1. The lowest BCUT2D eigenvalue weighted by Crippen LogP contribution is -2.10. The van der Waals surface area contributed by atoms with Crippen molar-refractivity contribution in [1.82, 2.24) is 9.78 Å². The van der Waals surface area contributed by atoms with Crippen LogP contribution in [-0.4, -0.2) is 22.4 Å². The topological polar surface area (TPSA) is 44.1 Å². The molecule has 26 heavy (non-hydrogen) atoms. The van der Waals surface area contributed by atoms with Gasteiger partial charge in [-0.25, -0.2) is 9.48 Å². The first-order chi connectivity index (χ1) is 12.6. The zero-order valence-corrected chi connectivity index (χ0v) is 17.4. The fourth-order valence-electron chi connectivity index (χ4n) is 2.89. The highest BCUT2D eigenvalue weighted by Gasteiger charge is 2.18. The Morgan fingerprint density at radius 2 is 1.96 bits per heavy atom. The van der Waals surface area contributed by atoms with Crippen LogP contribution in [0.3, 0.4) is 0 Å². The molecule has 0 aliphatic heterocycles. The summed E-state index contributed by atoms with van der Waals surface area (Å²) in [6.07, 6.45) is 4.26. The van der Waals surface area contributed by atoms with E-state index in [9.17, 15) is 4.79 Å². The van der Waals surface area contributed by atoms with E-state index in [2.05, 4.69) is 43.0 Å². The minimum Gasteiger partial charge on any atom is -0.462 e. The molecule has 0 atom stereocenters. The Hall–Kier alpha value is -1.92. The number of esters is 1. The molecule has 3 aromatic rings. The van der Waals surface area contributed by atoms with Crippen molar-refractivity contribution >= 4 is 37.8 Å². The molecule has 0 amide bonds. The summed E-state index contributed by atoms with van der Waals surface area (Å²) in [5.41, 5.74) is 4.68. The predicted octanol–water partition coefficient (Wildman–Crippen LogP) is 5.43. The van der Waals surface area contributed by atoms with E-state index in [1.807, 2.05) is 60.3 Å². The van der Waals surface area contributed by atoms with Crippen LogP contribution in [0.15, 0.2) is 60.9 Å². The van der Waals surface area contributed by atoms with E-state index in [4.69, 9.17) is 4.74 Å². The van der Waals surface area contributed by atoms with Gasteiger partial charge in [0.1, 0.15) is 0 Å². The molecule has 0 unspecified atom stereocenters. The third-order valence-electron chi connectivity index (χ3n) is 4.05. The Morgan fingerprint density at radius 1 is 1.15 bits per heavy atom. The molecule has 1 aromatic heterocycles. The Morgan fingerprint density at radius 3 is 2.65 bits per heavy atom. The lowest BCUT2D eigenvalue weighted by molar-refractivity contribution is 0.0525. The normalized spacial score (nSPS) is 10.9. The highest BCUT2D eigenvalue weighted by Crippen LogP contribution is 2.35. The Labute approximate surface area is 169 Å². The molecule has 0 radical (unpaired) electrons. The SMILES string of the molecule is CCOC(=O)c1ccccc1Cc1c(C(Br)Br)cccc1-n1cccn1. The summed E-state index contributed by atoms with van der Waals surface area (Å²) in [6, 6.07) is 15.6. The first kappa shape index (κ1) is 18.9. The number of carbonyl (C=O) groups is 1. The van der Waals surface area contributed by atoms with Gasteiger partial charge < -0.3 is 4.74 Å². The molecule has 1 heterocycles. The van der Waals surface area contributed by atoms with Gasteiger partial charge in [-0.1, -0.05) is 62.2 Å². The molecule has 6 heteroatoms. The maximum atomic E-state index is 12.3. The van der Waals surface area contributed by atoms with Crippen molar-refractivity contribution < 1.29 is 9.53 Å². The maximum Gasteiger partial charge on any atom is 0.338 e. The van der Waals surface area contributed by atoms with Gasteiger partial charge in [0, 0.05) is 18.8 Å². The fraction of sp³-hybridized carbons (Fsp3) is 0.200.